The summed E-state index contributed by atoms with van der Waals surface area (Å²) >= 11 is 3.41. The number of halogens is 1. The van der Waals surface area contributed by atoms with Crippen molar-refractivity contribution >= 4 is 21.6 Å². The molecule has 0 aromatic carbocycles. The van der Waals surface area contributed by atoms with E-state index in [0.29, 0.717) is 23.5 Å². The van der Waals surface area contributed by atoms with E-state index in [1.807, 2.05) is 0 Å². The third-order valence-corrected chi connectivity index (χ3v) is 5.04. The normalized spacial score (nSPS) is 17.1. The van der Waals surface area contributed by atoms with E-state index in [-0.39, 0.29) is 11.6 Å². The van der Waals surface area contributed by atoms with Gasteiger partial charge in [-0.25, -0.2) is 4.68 Å². The van der Waals surface area contributed by atoms with Gasteiger partial charge in [0.05, 0.1) is 11.9 Å². The van der Waals surface area contributed by atoms with Crippen LogP contribution in [0.3, 0.4) is 0 Å². The van der Waals surface area contributed by atoms with Crippen LogP contribution >= 0.6 is 15.9 Å². The zero-order valence-corrected chi connectivity index (χ0v) is 14.2. The van der Waals surface area contributed by atoms with Crippen molar-refractivity contribution in [1.29, 1.82) is 0 Å². The maximum atomic E-state index is 12.3. The molecule has 5 nitrogen and oxygen atoms in total. The molecule has 0 amide bonds. The number of nitrogens with two attached hydrogens (primary N) is 1. The SMILES string of the molecule is CCCCn1ncc(NC(CN)C2CCCC2)c(Br)c1=O. The van der Waals surface area contributed by atoms with Crippen molar-refractivity contribution < 1.29 is 0 Å². The van der Waals surface area contributed by atoms with Gasteiger partial charge in [-0.2, -0.15) is 5.10 Å². The van der Waals surface area contributed by atoms with Gasteiger partial charge in [-0.1, -0.05) is 26.2 Å². The monoisotopic (exact) mass is 356 g/mol. The van der Waals surface area contributed by atoms with E-state index in [1.165, 1.54) is 30.4 Å². The van der Waals surface area contributed by atoms with Crippen LogP contribution in [0.15, 0.2) is 15.5 Å². The van der Waals surface area contributed by atoms with Gasteiger partial charge in [0, 0.05) is 19.1 Å². The lowest BCUT2D eigenvalue weighted by Crippen LogP contribution is -2.36. The smallest absolute Gasteiger partial charge is 0.283 e. The lowest BCUT2D eigenvalue weighted by atomic mass is 9.98. The van der Waals surface area contributed by atoms with E-state index in [0.717, 1.165) is 18.5 Å². The molecular weight excluding hydrogens is 332 g/mol. The quantitative estimate of drug-likeness (QED) is 0.787. The van der Waals surface area contributed by atoms with Gasteiger partial charge in [-0.05, 0) is 41.1 Å². The third kappa shape index (κ3) is 4.07. The Bertz CT molecular complexity index is 511. The van der Waals surface area contributed by atoms with E-state index < -0.39 is 0 Å². The van der Waals surface area contributed by atoms with Gasteiger partial charge < -0.3 is 11.1 Å². The van der Waals surface area contributed by atoms with Crippen molar-refractivity contribution in [2.45, 2.75) is 58.0 Å². The van der Waals surface area contributed by atoms with E-state index >= 15 is 0 Å². The lowest BCUT2D eigenvalue weighted by Gasteiger charge is -2.24. The Morgan fingerprint density at radius 2 is 2.24 bits per heavy atom. The zero-order chi connectivity index (χ0) is 15.2. The Morgan fingerprint density at radius 3 is 2.86 bits per heavy atom. The number of nitrogens with one attached hydrogen (secondary N) is 1. The number of unbranched alkanes of at least 4 members (excludes halogenated alkanes) is 1. The van der Waals surface area contributed by atoms with Crippen molar-refractivity contribution in [1.82, 2.24) is 9.78 Å². The maximum absolute atomic E-state index is 12.3. The molecule has 0 spiro atoms. The highest BCUT2D eigenvalue weighted by Gasteiger charge is 2.24. The first kappa shape index (κ1) is 16.5. The Kier molecular flexibility index (Phi) is 6.23. The number of aryl methyl sites for hydroxylation is 1. The summed E-state index contributed by atoms with van der Waals surface area (Å²) in [6, 6.07) is 0.219. The molecule has 1 aromatic heterocycles. The molecule has 0 saturated heterocycles. The largest absolute Gasteiger partial charge is 0.378 e. The lowest BCUT2D eigenvalue weighted by molar-refractivity contribution is 0.461. The maximum Gasteiger partial charge on any atom is 0.283 e. The van der Waals surface area contributed by atoms with Crippen LogP contribution in [0.2, 0.25) is 0 Å². The second kappa shape index (κ2) is 7.94. The van der Waals surface area contributed by atoms with Crippen molar-refractivity contribution in [3.05, 3.63) is 21.0 Å². The topological polar surface area (TPSA) is 72.9 Å². The first-order chi connectivity index (χ1) is 10.2. The van der Waals surface area contributed by atoms with Crippen molar-refractivity contribution in [2.75, 3.05) is 11.9 Å². The Morgan fingerprint density at radius 1 is 1.52 bits per heavy atom. The van der Waals surface area contributed by atoms with Gasteiger partial charge in [0.2, 0.25) is 0 Å². The Labute approximate surface area is 134 Å². The van der Waals surface area contributed by atoms with Gasteiger partial charge >= 0.3 is 0 Å². The van der Waals surface area contributed by atoms with Gasteiger partial charge in [-0.3, -0.25) is 4.79 Å². The average molecular weight is 357 g/mol. The molecule has 1 atom stereocenters. The summed E-state index contributed by atoms with van der Waals surface area (Å²) in [5.74, 6) is 0.601. The number of anilines is 1. The Balaban J connectivity index is 2.12. The average Bonchev–Trinajstić information content (AvgIpc) is 3.02. The fourth-order valence-electron chi connectivity index (χ4n) is 2.96. The minimum Gasteiger partial charge on any atom is -0.378 e. The summed E-state index contributed by atoms with van der Waals surface area (Å²) in [4.78, 5) is 12.3. The van der Waals surface area contributed by atoms with Crippen LogP contribution in [0.4, 0.5) is 5.69 Å². The van der Waals surface area contributed by atoms with Crippen LogP contribution in [0.5, 0.6) is 0 Å². The molecule has 6 heteroatoms. The van der Waals surface area contributed by atoms with Crippen LogP contribution in [0.1, 0.15) is 45.4 Å². The summed E-state index contributed by atoms with van der Waals surface area (Å²) in [6.07, 6.45) is 8.73. The minimum absolute atomic E-state index is 0.0735. The molecule has 21 heavy (non-hydrogen) atoms. The fourth-order valence-corrected chi connectivity index (χ4v) is 3.38. The number of rotatable bonds is 7. The predicted octanol–water partition coefficient (Wildman–Crippen LogP) is 2.74. The highest BCUT2D eigenvalue weighted by Crippen LogP contribution is 2.30. The summed E-state index contributed by atoms with van der Waals surface area (Å²) < 4.78 is 2.08. The highest BCUT2D eigenvalue weighted by molar-refractivity contribution is 9.10. The third-order valence-electron chi connectivity index (χ3n) is 4.27. The molecule has 118 valence electrons. The highest BCUT2D eigenvalue weighted by atomic mass is 79.9. The minimum atomic E-state index is -0.0735. The van der Waals surface area contributed by atoms with E-state index in [1.54, 1.807) is 6.20 Å². The van der Waals surface area contributed by atoms with Crippen molar-refractivity contribution in [3.8, 4) is 0 Å². The fraction of sp³-hybridized carbons (Fsp3) is 0.733. The molecule has 1 aliphatic rings. The van der Waals surface area contributed by atoms with E-state index in [9.17, 15) is 4.79 Å². The molecule has 0 aliphatic heterocycles. The number of hydrogen-bond donors (Lipinski definition) is 2. The van der Waals surface area contributed by atoms with Crippen LogP contribution in [0, 0.1) is 5.92 Å². The number of aromatic nitrogens is 2. The van der Waals surface area contributed by atoms with Gasteiger partial charge in [-0.15, -0.1) is 0 Å². The number of nitrogens with zero attached hydrogens (tertiary/aromatic N) is 2. The van der Waals surface area contributed by atoms with E-state index in [4.69, 9.17) is 5.73 Å². The van der Waals surface area contributed by atoms with Crippen LogP contribution < -0.4 is 16.6 Å². The van der Waals surface area contributed by atoms with E-state index in [2.05, 4.69) is 33.3 Å². The second-order valence-corrected chi connectivity index (χ2v) is 6.58. The first-order valence-electron chi connectivity index (χ1n) is 7.89. The van der Waals surface area contributed by atoms with Gasteiger partial charge in [0.15, 0.2) is 0 Å². The molecule has 2 rings (SSSR count). The van der Waals surface area contributed by atoms with Crippen molar-refractivity contribution in [2.24, 2.45) is 11.7 Å². The molecule has 0 bridgehead atoms. The Hall–Kier alpha value is -0.880. The number of hydrogen-bond acceptors (Lipinski definition) is 4. The summed E-state index contributed by atoms with van der Waals surface area (Å²) in [7, 11) is 0. The van der Waals surface area contributed by atoms with Gasteiger partial charge in [0.1, 0.15) is 4.47 Å². The van der Waals surface area contributed by atoms with Crippen LogP contribution in [0.25, 0.3) is 0 Å². The standard InChI is InChI=1S/C15H25BrN4O/c1-2-3-8-20-15(21)14(16)13(10-18-20)19-12(9-17)11-6-4-5-7-11/h10-12,19H,2-9,17H2,1H3. The molecule has 0 radical (unpaired) electrons. The molecule has 3 N–H and O–H groups in total. The molecule has 1 saturated carbocycles. The summed E-state index contributed by atoms with van der Waals surface area (Å²) in [5.41, 5.74) is 6.59. The van der Waals surface area contributed by atoms with Gasteiger partial charge in [0.25, 0.3) is 5.56 Å². The first-order valence-corrected chi connectivity index (χ1v) is 8.68. The van der Waals surface area contributed by atoms with Crippen LogP contribution in [-0.2, 0) is 6.54 Å². The molecule has 1 aromatic rings. The molecular formula is C15H25BrN4O. The van der Waals surface area contributed by atoms with Crippen LogP contribution in [-0.4, -0.2) is 22.4 Å². The predicted molar refractivity (Wildman–Crippen MR) is 89.5 cm³/mol. The summed E-state index contributed by atoms with van der Waals surface area (Å²) in [5, 5.41) is 7.68. The molecule has 1 heterocycles. The van der Waals surface area contributed by atoms with Crippen molar-refractivity contribution in [3.63, 3.8) is 0 Å². The summed E-state index contributed by atoms with van der Waals surface area (Å²) in [6.45, 7) is 3.34. The second-order valence-electron chi connectivity index (χ2n) is 5.79. The zero-order valence-electron chi connectivity index (χ0n) is 12.6. The molecule has 1 aliphatic carbocycles. The molecule has 1 fully saturated rings. The molecule has 1 unspecified atom stereocenters.